The minimum absolute atomic E-state index is 0.0142. The number of hydrogen-bond acceptors (Lipinski definition) is 8. The van der Waals surface area contributed by atoms with Crippen molar-refractivity contribution in [2.24, 2.45) is 0 Å². The summed E-state index contributed by atoms with van der Waals surface area (Å²) in [7, 11) is -2.12. The predicted octanol–water partition coefficient (Wildman–Crippen LogP) is 4.45. The van der Waals surface area contributed by atoms with E-state index < -0.39 is 43.8 Å². The topological polar surface area (TPSA) is 119 Å². The molecule has 1 N–H and O–H groups in total. The zero-order chi connectivity index (χ0) is 30.3. The molecule has 0 aliphatic carbocycles. The lowest BCUT2D eigenvalue weighted by atomic mass is 10.0. The zero-order valence-electron chi connectivity index (χ0n) is 22.2. The highest BCUT2D eigenvalue weighted by Gasteiger charge is 2.54. The van der Waals surface area contributed by atoms with Crippen LogP contribution in [0.2, 0.25) is 0 Å². The molecule has 0 spiro atoms. The van der Waals surface area contributed by atoms with E-state index >= 15 is 0 Å². The Balaban J connectivity index is 1.60. The minimum atomic E-state index is -4.05. The number of hydrogen-bond donors (Lipinski definition) is 1. The molecule has 3 aromatic carbocycles. The number of allylic oxidation sites excluding steroid dienone is 1. The average Bonchev–Trinajstić information content (AvgIpc) is 3.01. The van der Waals surface area contributed by atoms with Crippen LogP contribution in [0.4, 0.5) is 0 Å². The monoisotopic (exact) mass is 648 g/mol. The van der Waals surface area contributed by atoms with Crippen LogP contribution in [0.1, 0.15) is 11.1 Å². The summed E-state index contributed by atoms with van der Waals surface area (Å²) in [5, 5.41) is 1.14. The van der Waals surface area contributed by atoms with E-state index in [1.54, 1.807) is 72.8 Å². The molecular formula is C29H26Cl2N2O7S2. The van der Waals surface area contributed by atoms with Crippen LogP contribution in [0.5, 0.6) is 5.75 Å². The van der Waals surface area contributed by atoms with Gasteiger partial charge in [0.2, 0.25) is 14.8 Å². The Morgan fingerprint density at radius 3 is 2.17 bits per heavy atom. The lowest BCUT2D eigenvalue weighted by Gasteiger charge is -2.46. The maximum absolute atomic E-state index is 13.4. The lowest BCUT2D eigenvalue weighted by molar-refractivity contribution is -0.153. The fourth-order valence-electron chi connectivity index (χ4n) is 4.05. The highest BCUT2D eigenvalue weighted by atomic mass is 35.5. The van der Waals surface area contributed by atoms with Gasteiger partial charge in [-0.05, 0) is 35.4 Å². The molecule has 0 aromatic heterocycles. The average molecular weight is 650 g/mol. The SMILES string of the molecule is COc1ccc(COC(=O)/C(=C(\Cl)CCl)N2C(=O)[C@@H](NC(=O)Cc3ccccc3)[C@H]2SS(=O)(=O)c2ccccc2)cc1. The van der Waals surface area contributed by atoms with Crippen molar-refractivity contribution in [3.63, 3.8) is 0 Å². The Morgan fingerprint density at radius 2 is 1.57 bits per heavy atom. The molecule has 0 radical (unpaired) electrons. The first kappa shape index (κ1) is 31.4. The Kier molecular flexibility index (Phi) is 10.6. The maximum Gasteiger partial charge on any atom is 0.356 e. The predicted molar refractivity (Wildman–Crippen MR) is 160 cm³/mol. The van der Waals surface area contributed by atoms with E-state index in [2.05, 4.69) is 5.32 Å². The number of halogens is 2. The molecule has 3 aromatic rings. The van der Waals surface area contributed by atoms with Gasteiger partial charge < -0.3 is 14.8 Å². The number of nitrogens with zero attached hydrogens (tertiary/aromatic N) is 1. The fraction of sp³-hybridized carbons (Fsp3) is 0.207. The van der Waals surface area contributed by atoms with Gasteiger partial charge in [0.25, 0.3) is 5.91 Å². The molecule has 0 saturated carbocycles. The molecule has 1 fully saturated rings. The largest absolute Gasteiger partial charge is 0.497 e. The summed E-state index contributed by atoms with van der Waals surface area (Å²) >= 11 is 12.3. The summed E-state index contributed by atoms with van der Waals surface area (Å²) in [5.74, 6) is -1.97. The van der Waals surface area contributed by atoms with Crippen LogP contribution in [-0.2, 0) is 41.0 Å². The van der Waals surface area contributed by atoms with Gasteiger partial charge in [0, 0.05) is 10.8 Å². The second-order valence-electron chi connectivity index (χ2n) is 8.98. The third-order valence-electron chi connectivity index (χ3n) is 6.16. The molecule has 2 atom stereocenters. The number of β-lactam (4-membered cyclic amide) rings is 1. The quantitative estimate of drug-likeness (QED) is 0.101. The van der Waals surface area contributed by atoms with Gasteiger partial charge in [-0.3, -0.25) is 14.5 Å². The summed E-state index contributed by atoms with van der Waals surface area (Å²) in [5.41, 5.74) is 0.927. The maximum atomic E-state index is 13.4. The number of carbonyl (C=O) groups excluding carboxylic acids is 3. The first-order chi connectivity index (χ1) is 20.1. The first-order valence-corrected chi connectivity index (χ1v) is 16.3. The molecular weight excluding hydrogens is 623 g/mol. The third kappa shape index (κ3) is 7.46. The Hall–Kier alpha value is -3.51. The molecule has 2 amide bonds. The smallest absolute Gasteiger partial charge is 0.356 e. The summed E-state index contributed by atoms with van der Waals surface area (Å²) in [6.07, 6.45) is -0.0392. The van der Waals surface area contributed by atoms with Crippen LogP contribution < -0.4 is 10.1 Å². The van der Waals surface area contributed by atoms with Gasteiger partial charge in [-0.25, -0.2) is 13.2 Å². The van der Waals surface area contributed by atoms with Crippen LogP contribution in [-0.4, -0.2) is 55.5 Å². The molecule has 1 aliphatic heterocycles. The number of rotatable bonds is 12. The van der Waals surface area contributed by atoms with E-state index in [-0.39, 0.29) is 28.8 Å². The van der Waals surface area contributed by atoms with E-state index in [0.29, 0.717) is 27.7 Å². The Morgan fingerprint density at radius 1 is 0.952 bits per heavy atom. The van der Waals surface area contributed by atoms with Crippen molar-refractivity contribution in [3.05, 3.63) is 107 Å². The first-order valence-electron chi connectivity index (χ1n) is 12.5. The van der Waals surface area contributed by atoms with Crippen LogP contribution in [0, 0.1) is 0 Å². The Labute approximate surface area is 257 Å². The minimum Gasteiger partial charge on any atom is -0.497 e. The molecule has 13 heteroatoms. The molecule has 0 unspecified atom stereocenters. The van der Waals surface area contributed by atoms with Crippen molar-refractivity contribution in [3.8, 4) is 5.75 Å². The highest BCUT2D eigenvalue weighted by Crippen LogP contribution is 2.41. The van der Waals surface area contributed by atoms with Crippen molar-refractivity contribution in [2.75, 3.05) is 13.0 Å². The molecule has 1 aliphatic rings. The number of amides is 2. The second-order valence-corrected chi connectivity index (χ2v) is 13.7. The number of carbonyl (C=O) groups is 3. The van der Waals surface area contributed by atoms with Crippen molar-refractivity contribution in [2.45, 2.75) is 29.3 Å². The fourth-order valence-corrected chi connectivity index (χ4v) is 7.84. The van der Waals surface area contributed by atoms with Crippen molar-refractivity contribution >= 4 is 60.6 Å². The second kappa shape index (κ2) is 14.1. The van der Waals surface area contributed by atoms with Crippen LogP contribution in [0.25, 0.3) is 0 Å². The number of alkyl halides is 1. The van der Waals surface area contributed by atoms with Gasteiger partial charge in [-0.1, -0.05) is 72.3 Å². The van der Waals surface area contributed by atoms with E-state index in [0.717, 1.165) is 4.90 Å². The van der Waals surface area contributed by atoms with Gasteiger partial charge in [-0.15, -0.1) is 11.6 Å². The summed E-state index contributed by atoms with van der Waals surface area (Å²) in [4.78, 5) is 40.5. The molecule has 1 heterocycles. The number of nitrogens with one attached hydrogen (secondary N) is 1. The van der Waals surface area contributed by atoms with E-state index in [4.69, 9.17) is 32.7 Å². The van der Waals surface area contributed by atoms with Gasteiger partial charge in [0.1, 0.15) is 29.5 Å². The van der Waals surface area contributed by atoms with E-state index in [9.17, 15) is 22.8 Å². The van der Waals surface area contributed by atoms with Crippen LogP contribution in [0.15, 0.2) is 101 Å². The molecule has 0 bridgehead atoms. The van der Waals surface area contributed by atoms with Crippen molar-refractivity contribution < 1.29 is 32.3 Å². The third-order valence-corrected chi connectivity index (χ3v) is 10.6. The molecule has 1 saturated heterocycles. The number of ether oxygens (including phenoxy) is 2. The number of esters is 1. The van der Waals surface area contributed by atoms with Crippen molar-refractivity contribution in [1.82, 2.24) is 10.2 Å². The van der Waals surface area contributed by atoms with Crippen LogP contribution in [0.3, 0.4) is 0 Å². The number of methoxy groups -OCH3 is 1. The summed E-state index contributed by atoms with van der Waals surface area (Å²) in [6.45, 7) is -0.168. The standard InChI is InChI=1S/C29H26Cl2N2O7S2/c1-39-21-14-12-20(13-15-21)18-40-29(36)26(23(31)17-30)33-27(35)25(32-24(34)16-19-8-4-2-5-9-19)28(33)41-42(37,38)22-10-6-3-7-11-22/h2-15,25,28H,16-18H2,1H3,(H,32,34)/b26-23+/t25-,28-/m1/s1. The number of benzene rings is 3. The summed E-state index contributed by atoms with van der Waals surface area (Å²) in [6, 6.07) is 21.9. The van der Waals surface area contributed by atoms with E-state index in [1.165, 1.54) is 19.2 Å². The number of likely N-dealkylation sites (tertiary alicyclic amines) is 1. The molecule has 9 nitrogen and oxygen atoms in total. The summed E-state index contributed by atoms with van der Waals surface area (Å²) < 4.78 is 37.2. The zero-order valence-corrected chi connectivity index (χ0v) is 25.4. The molecule has 42 heavy (non-hydrogen) atoms. The van der Waals surface area contributed by atoms with Gasteiger partial charge in [0.05, 0.1) is 29.3 Å². The Bertz CT molecular complexity index is 1570. The van der Waals surface area contributed by atoms with Gasteiger partial charge >= 0.3 is 5.97 Å². The van der Waals surface area contributed by atoms with Gasteiger partial charge in [-0.2, -0.15) is 0 Å². The van der Waals surface area contributed by atoms with E-state index in [1.807, 2.05) is 0 Å². The lowest BCUT2D eigenvalue weighted by Crippen LogP contribution is -2.69. The molecule has 220 valence electrons. The molecule has 4 rings (SSSR count). The van der Waals surface area contributed by atoms with Crippen LogP contribution >= 0.6 is 34.0 Å². The normalized spacial score (nSPS) is 17.1. The highest BCUT2D eigenvalue weighted by molar-refractivity contribution is 8.72. The van der Waals surface area contributed by atoms with Gasteiger partial charge in [0.15, 0.2) is 0 Å². The van der Waals surface area contributed by atoms with Crippen molar-refractivity contribution in [1.29, 1.82) is 0 Å².